The molecule has 1 unspecified atom stereocenters. The van der Waals surface area contributed by atoms with Crippen LogP contribution in [-0.2, 0) is 17.8 Å². The molecule has 2 aromatic rings. The van der Waals surface area contributed by atoms with Crippen molar-refractivity contribution in [2.75, 3.05) is 32.7 Å². The van der Waals surface area contributed by atoms with Crippen LogP contribution >= 0.6 is 0 Å². The van der Waals surface area contributed by atoms with Crippen molar-refractivity contribution in [3.63, 3.8) is 0 Å². The van der Waals surface area contributed by atoms with Gasteiger partial charge >= 0.3 is 0 Å². The van der Waals surface area contributed by atoms with Crippen LogP contribution in [0.25, 0.3) is 0 Å². The number of aromatic nitrogens is 3. The van der Waals surface area contributed by atoms with Crippen molar-refractivity contribution in [1.29, 1.82) is 0 Å². The number of carbonyl (C=O) groups is 1. The zero-order chi connectivity index (χ0) is 16.4. The molecule has 1 amide bonds. The topological polar surface area (TPSA) is 63.5 Å². The molecule has 0 spiro atoms. The first-order chi connectivity index (χ1) is 11.8. The summed E-state index contributed by atoms with van der Waals surface area (Å²) in [7, 11) is 0. The third-order valence-corrected chi connectivity index (χ3v) is 4.72. The molecule has 4 rings (SSSR count). The average molecular weight is 327 g/mol. The second-order valence-corrected chi connectivity index (χ2v) is 6.24. The Morgan fingerprint density at radius 1 is 1.17 bits per heavy atom. The lowest BCUT2D eigenvalue weighted by atomic mass is 10.1. The number of carbonyl (C=O) groups excluding carboxylic acids is 1. The van der Waals surface area contributed by atoms with E-state index in [4.69, 9.17) is 4.74 Å². The Kier molecular flexibility index (Phi) is 4.17. The second kappa shape index (κ2) is 6.60. The van der Waals surface area contributed by atoms with Crippen LogP contribution in [0.2, 0.25) is 0 Å². The van der Waals surface area contributed by atoms with Gasteiger partial charge in [-0.3, -0.25) is 14.4 Å². The molecule has 2 aliphatic heterocycles. The minimum atomic E-state index is -0.357. The van der Waals surface area contributed by atoms with E-state index < -0.39 is 0 Å². The number of ether oxygens (including phenoxy) is 1. The summed E-state index contributed by atoms with van der Waals surface area (Å²) in [6, 6.07) is 7.90. The van der Waals surface area contributed by atoms with Crippen molar-refractivity contribution < 1.29 is 9.53 Å². The lowest BCUT2D eigenvalue weighted by Crippen LogP contribution is -2.52. The summed E-state index contributed by atoms with van der Waals surface area (Å²) in [5.41, 5.74) is 1.13. The smallest absolute Gasteiger partial charge is 0.264 e. The van der Waals surface area contributed by atoms with Gasteiger partial charge in [0, 0.05) is 39.1 Å². The Morgan fingerprint density at radius 3 is 2.75 bits per heavy atom. The quantitative estimate of drug-likeness (QED) is 0.815. The Balaban J connectivity index is 1.26. The molecule has 1 aromatic heterocycles. The summed E-state index contributed by atoms with van der Waals surface area (Å²) in [5.74, 6) is 0.962. The highest BCUT2D eigenvalue weighted by Crippen LogP contribution is 2.29. The summed E-state index contributed by atoms with van der Waals surface area (Å²) in [5, 5.41) is 4.11. The molecule has 3 heterocycles. The highest BCUT2D eigenvalue weighted by molar-refractivity contribution is 5.82. The van der Waals surface area contributed by atoms with Gasteiger partial charge in [0.1, 0.15) is 18.4 Å². The number of hydrogen-bond acceptors (Lipinski definition) is 5. The fraction of sp³-hybridized carbons (Fsp3) is 0.471. The van der Waals surface area contributed by atoms with Crippen molar-refractivity contribution in [1.82, 2.24) is 24.6 Å². The first kappa shape index (κ1) is 15.1. The number of amides is 1. The van der Waals surface area contributed by atoms with E-state index in [0.717, 1.165) is 50.6 Å². The molecule has 1 fully saturated rings. The highest BCUT2D eigenvalue weighted by Gasteiger charge is 2.33. The fourth-order valence-corrected chi connectivity index (χ4v) is 3.31. The normalized spacial score (nSPS) is 20.7. The van der Waals surface area contributed by atoms with Gasteiger partial charge in [-0.05, 0) is 11.6 Å². The third-order valence-electron chi connectivity index (χ3n) is 4.72. The molecule has 7 nitrogen and oxygen atoms in total. The van der Waals surface area contributed by atoms with Crippen LogP contribution in [0.3, 0.4) is 0 Å². The van der Waals surface area contributed by atoms with Gasteiger partial charge in [0.15, 0.2) is 6.10 Å². The molecule has 126 valence electrons. The van der Waals surface area contributed by atoms with E-state index in [2.05, 4.69) is 15.0 Å². The van der Waals surface area contributed by atoms with E-state index in [-0.39, 0.29) is 12.0 Å². The van der Waals surface area contributed by atoms with Gasteiger partial charge < -0.3 is 9.64 Å². The van der Waals surface area contributed by atoms with Gasteiger partial charge in [-0.2, -0.15) is 5.10 Å². The minimum Gasteiger partial charge on any atom is -0.480 e. The van der Waals surface area contributed by atoms with Gasteiger partial charge in [0.25, 0.3) is 5.91 Å². The van der Waals surface area contributed by atoms with Crippen molar-refractivity contribution >= 4 is 5.91 Å². The van der Waals surface area contributed by atoms with E-state index in [1.165, 1.54) is 0 Å². The Labute approximate surface area is 140 Å². The van der Waals surface area contributed by atoms with Gasteiger partial charge in [0.2, 0.25) is 0 Å². The zero-order valence-corrected chi connectivity index (χ0v) is 13.5. The molecule has 7 heteroatoms. The van der Waals surface area contributed by atoms with E-state index in [1.807, 2.05) is 33.8 Å². The van der Waals surface area contributed by atoms with Crippen LogP contribution in [-0.4, -0.2) is 69.3 Å². The Morgan fingerprint density at radius 2 is 2.00 bits per heavy atom. The van der Waals surface area contributed by atoms with E-state index in [9.17, 15) is 4.79 Å². The van der Waals surface area contributed by atoms with Crippen molar-refractivity contribution in [3.05, 3.63) is 42.5 Å². The number of para-hydroxylation sites is 1. The number of piperazine rings is 1. The molecule has 0 radical (unpaired) electrons. The second-order valence-electron chi connectivity index (χ2n) is 6.24. The van der Waals surface area contributed by atoms with Crippen molar-refractivity contribution in [2.24, 2.45) is 0 Å². The molecule has 1 saturated heterocycles. The summed E-state index contributed by atoms with van der Waals surface area (Å²) in [6.45, 7) is 5.05. The third kappa shape index (κ3) is 3.12. The largest absolute Gasteiger partial charge is 0.480 e. The number of fused-ring (bicyclic) bond motifs is 1. The molecular formula is C17H21N5O2. The van der Waals surface area contributed by atoms with Crippen LogP contribution < -0.4 is 4.74 Å². The summed E-state index contributed by atoms with van der Waals surface area (Å²) < 4.78 is 7.66. The number of nitrogens with zero attached hydrogens (tertiary/aromatic N) is 5. The Hall–Kier alpha value is -2.41. The first-order valence-electron chi connectivity index (χ1n) is 8.38. The molecular weight excluding hydrogens is 306 g/mol. The molecule has 1 atom stereocenters. The van der Waals surface area contributed by atoms with Gasteiger partial charge in [-0.25, -0.2) is 4.98 Å². The van der Waals surface area contributed by atoms with Crippen molar-refractivity contribution in [3.8, 4) is 5.75 Å². The fourth-order valence-electron chi connectivity index (χ4n) is 3.31. The van der Waals surface area contributed by atoms with Crippen LogP contribution in [0, 0.1) is 0 Å². The van der Waals surface area contributed by atoms with E-state index >= 15 is 0 Å². The average Bonchev–Trinajstić information content (AvgIpc) is 3.29. The zero-order valence-electron chi connectivity index (χ0n) is 13.5. The lowest BCUT2D eigenvalue weighted by Gasteiger charge is -2.35. The monoisotopic (exact) mass is 327 g/mol. The maximum Gasteiger partial charge on any atom is 0.264 e. The number of benzene rings is 1. The van der Waals surface area contributed by atoms with Crippen LogP contribution in [0.5, 0.6) is 5.75 Å². The van der Waals surface area contributed by atoms with Gasteiger partial charge in [-0.1, -0.05) is 18.2 Å². The first-order valence-corrected chi connectivity index (χ1v) is 8.38. The summed E-state index contributed by atoms with van der Waals surface area (Å²) >= 11 is 0. The maximum absolute atomic E-state index is 12.7. The number of hydrogen-bond donors (Lipinski definition) is 0. The van der Waals surface area contributed by atoms with Crippen LogP contribution in [0.1, 0.15) is 5.56 Å². The standard InChI is InChI=1S/C17H21N5O2/c23-17(16-11-14-3-1-2-4-15(14)24-16)21-8-5-20(6-9-21)7-10-22-13-18-12-19-22/h1-4,12-13,16H,5-11H2. The molecule has 0 aliphatic carbocycles. The molecule has 0 bridgehead atoms. The maximum atomic E-state index is 12.7. The van der Waals surface area contributed by atoms with E-state index in [0.29, 0.717) is 6.42 Å². The minimum absolute atomic E-state index is 0.113. The molecule has 24 heavy (non-hydrogen) atoms. The lowest BCUT2D eigenvalue weighted by molar-refractivity contribution is -0.139. The summed E-state index contributed by atoms with van der Waals surface area (Å²) in [4.78, 5) is 20.9. The van der Waals surface area contributed by atoms with Gasteiger partial charge in [0.05, 0.1) is 6.54 Å². The Bertz CT molecular complexity index is 670. The highest BCUT2D eigenvalue weighted by atomic mass is 16.5. The summed E-state index contributed by atoms with van der Waals surface area (Å²) in [6.07, 6.45) is 3.61. The van der Waals surface area contributed by atoms with Gasteiger partial charge in [-0.15, -0.1) is 0 Å². The molecule has 1 aromatic carbocycles. The van der Waals surface area contributed by atoms with E-state index in [1.54, 1.807) is 12.7 Å². The molecule has 2 aliphatic rings. The molecule has 0 saturated carbocycles. The SMILES string of the molecule is O=C(C1Cc2ccccc2O1)N1CCN(CCn2cncn2)CC1. The van der Waals surface area contributed by atoms with Crippen LogP contribution in [0.15, 0.2) is 36.9 Å². The predicted octanol–water partition coefficient (Wildman–Crippen LogP) is 0.426. The van der Waals surface area contributed by atoms with Crippen molar-refractivity contribution in [2.45, 2.75) is 19.1 Å². The molecule has 0 N–H and O–H groups in total. The number of rotatable bonds is 4. The predicted molar refractivity (Wildman–Crippen MR) is 87.6 cm³/mol. The van der Waals surface area contributed by atoms with Crippen LogP contribution in [0.4, 0.5) is 0 Å².